The van der Waals surface area contributed by atoms with Crippen LogP contribution in [0.25, 0.3) is 5.78 Å². The molecule has 2 unspecified atom stereocenters. The van der Waals surface area contributed by atoms with Crippen LogP contribution in [-0.4, -0.2) is 31.7 Å². The van der Waals surface area contributed by atoms with E-state index in [0.29, 0.717) is 11.8 Å². The lowest BCUT2D eigenvalue weighted by Gasteiger charge is -2.18. The van der Waals surface area contributed by atoms with Crippen LogP contribution in [0.2, 0.25) is 0 Å². The van der Waals surface area contributed by atoms with Crippen LogP contribution in [0.4, 0.5) is 5.82 Å². The van der Waals surface area contributed by atoms with Crippen molar-refractivity contribution in [2.75, 3.05) is 5.32 Å². The molecule has 0 saturated heterocycles. The van der Waals surface area contributed by atoms with E-state index in [4.69, 9.17) is 5.73 Å². The summed E-state index contributed by atoms with van der Waals surface area (Å²) in [6.45, 7) is 1.95. The van der Waals surface area contributed by atoms with Crippen LogP contribution < -0.4 is 11.1 Å². The van der Waals surface area contributed by atoms with Gasteiger partial charge in [-0.2, -0.15) is 14.6 Å². The predicted octanol–water partition coefficient (Wildman–Crippen LogP) is 0.724. The van der Waals surface area contributed by atoms with Crippen LogP contribution >= 0.6 is 0 Å². The van der Waals surface area contributed by atoms with Crippen LogP contribution in [0.15, 0.2) is 12.4 Å². The van der Waals surface area contributed by atoms with Gasteiger partial charge in [-0.3, -0.25) is 0 Å². The number of nitrogens with zero attached hydrogens (tertiary/aromatic N) is 4. The van der Waals surface area contributed by atoms with Crippen molar-refractivity contribution < 1.29 is 0 Å². The monoisotopic (exact) mass is 232 g/mol. The van der Waals surface area contributed by atoms with Crippen LogP contribution in [0.5, 0.6) is 0 Å². The molecule has 0 amide bonds. The molecule has 6 heteroatoms. The van der Waals surface area contributed by atoms with Crippen molar-refractivity contribution in [3.63, 3.8) is 0 Å². The first-order chi connectivity index (χ1) is 8.24. The Hall–Kier alpha value is -1.69. The number of nitrogens with one attached hydrogen (secondary N) is 1. The largest absolute Gasteiger partial charge is 0.366 e. The van der Waals surface area contributed by atoms with E-state index in [2.05, 4.69) is 20.4 Å². The third-order valence-corrected chi connectivity index (χ3v) is 3.28. The Morgan fingerprint density at radius 1 is 1.47 bits per heavy atom. The fraction of sp³-hybridized carbons (Fsp3) is 0.545. The van der Waals surface area contributed by atoms with Crippen molar-refractivity contribution >= 4 is 11.6 Å². The second-order valence-electron chi connectivity index (χ2n) is 4.60. The molecule has 1 saturated carbocycles. The van der Waals surface area contributed by atoms with E-state index in [0.717, 1.165) is 24.4 Å². The third-order valence-electron chi connectivity index (χ3n) is 3.28. The van der Waals surface area contributed by atoms with Crippen LogP contribution in [-0.2, 0) is 0 Å². The summed E-state index contributed by atoms with van der Waals surface area (Å²) in [6, 6.07) is 2.53. The number of fused-ring (bicyclic) bond motifs is 1. The molecule has 2 aromatic heterocycles. The highest BCUT2D eigenvalue weighted by Gasteiger charge is 2.24. The Kier molecular flexibility index (Phi) is 2.44. The summed E-state index contributed by atoms with van der Waals surface area (Å²) in [7, 11) is 0. The Bertz CT molecular complexity index is 534. The molecule has 1 aliphatic rings. The molecule has 2 aromatic rings. The molecule has 6 nitrogen and oxygen atoms in total. The Morgan fingerprint density at radius 3 is 3.12 bits per heavy atom. The van der Waals surface area contributed by atoms with Gasteiger partial charge < -0.3 is 11.1 Å². The number of aryl methyl sites for hydroxylation is 1. The summed E-state index contributed by atoms with van der Waals surface area (Å²) in [5.74, 6) is 1.55. The molecule has 0 aliphatic heterocycles. The van der Waals surface area contributed by atoms with Gasteiger partial charge in [0.2, 0.25) is 0 Å². The standard InChI is InChI=1S/C11H16N6/c1-7-5-10(16-9-4-2-3-8(9)12)17-11(15-7)13-6-14-17/h5-6,8-9,16H,2-4,12H2,1H3. The first-order valence-corrected chi connectivity index (χ1v) is 5.93. The summed E-state index contributed by atoms with van der Waals surface area (Å²) in [5, 5.41) is 7.62. The lowest BCUT2D eigenvalue weighted by Crippen LogP contribution is -2.35. The average molecular weight is 232 g/mol. The summed E-state index contributed by atoms with van der Waals surface area (Å²) < 4.78 is 1.72. The number of nitrogens with two attached hydrogens (primary N) is 1. The number of hydrogen-bond donors (Lipinski definition) is 2. The summed E-state index contributed by atoms with van der Waals surface area (Å²) in [5.41, 5.74) is 6.99. The zero-order chi connectivity index (χ0) is 11.8. The van der Waals surface area contributed by atoms with Crippen LogP contribution in [0.1, 0.15) is 25.0 Å². The highest BCUT2D eigenvalue weighted by atomic mass is 15.4. The lowest BCUT2D eigenvalue weighted by atomic mass is 10.2. The zero-order valence-corrected chi connectivity index (χ0v) is 9.80. The van der Waals surface area contributed by atoms with Crippen molar-refractivity contribution in [1.29, 1.82) is 0 Å². The number of anilines is 1. The van der Waals surface area contributed by atoms with Gasteiger partial charge in [-0.05, 0) is 26.2 Å². The summed E-state index contributed by atoms with van der Waals surface area (Å²) in [6.07, 6.45) is 4.89. The average Bonchev–Trinajstić information content (AvgIpc) is 2.88. The number of rotatable bonds is 2. The molecule has 0 spiro atoms. The second kappa shape index (κ2) is 3.96. The van der Waals surface area contributed by atoms with Crippen molar-refractivity contribution in [3.8, 4) is 0 Å². The third kappa shape index (κ3) is 1.84. The molecule has 90 valence electrons. The number of hydrogen-bond acceptors (Lipinski definition) is 5. The molecule has 2 heterocycles. The molecule has 1 aliphatic carbocycles. The Morgan fingerprint density at radius 2 is 2.35 bits per heavy atom. The molecule has 17 heavy (non-hydrogen) atoms. The SMILES string of the molecule is Cc1cc(NC2CCCC2N)n2ncnc2n1. The van der Waals surface area contributed by atoms with E-state index >= 15 is 0 Å². The highest BCUT2D eigenvalue weighted by molar-refractivity contribution is 5.45. The van der Waals surface area contributed by atoms with Crippen molar-refractivity contribution in [3.05, 3.63) is 18.1 Å². The van der Waals surface area contributed by atoms with Gasteiger partial charge in [0.25, 0.3) is 5.78 Å². The molecule has 3 N–H and O–H groups in total. The molecule has 0 aromatic carbocycles. The van der Waals surface area contributed by atoms with Gasteiger partial charge in [0.15, 0.2) is 0 Å². The molecule has 1 fully saturated rings. The smallest absolute Gasteiger partial charge is 0.254 e. The van der Waals surface area contributed by atoms with E-state index in [-0.39, 0.29) is 6.04 Å². The van der Waals surface area contributed by atoms with Gasteiger partial charge in [-0.1, -0.05) is 0 Å². The molecule has 0 bridgehead atoms. The fourth-order valence-electron chi connectivity index (χ4n) is 2.39. The van der Waals surface area contributed by atoms with Crippen LogP contribution in [0.3, 0.4) is 0 Å². The maximum absolute atomic E-state index is 6.06. The minimum atomic E-state index is 0.224. The Labute approximate surface area is 99.3 Å². The first kappa shape index (κ1) is 10.5. The molecule has 3 rings (SSSR count). The molecule has 2 atom stereocenters. The van der Waals surface area contributed by atoms with E-state index in [1.165, 1.54) is 12.7 Å². The predicted molar refractivity (Wildman–Crippen MR) is 64.8 cm³/mol. The molecule has 0 radical (unpaired) electrons. The maximum atomic E-state index is 6.06. The summed E-state index contributed by atoms with van der Waals surface area (Å²) in [4.78, 5) is 8.41. The molecular weight excluding hydrogens is 216 g/mol. The highest BCUT2D eigenvalue weighted by Crippen LogP contribution is 2.21. The minimum Gasteiger partial charge on any atom is -0.366 e. The fourth-order valence-corrected chi connectivity index (χ4v) is 2.39. The van der Waals surface area contributed by atoms with Gasteiger partial charge in [0.1, 0.15) is 12.1 Å². The van der Waals surface area contributed by atoms with E-state index in [1.54, 1.807) is 4.52 Å². The number of aromatic nitrogens is 4. The maximum Gasteiger partial charge on any atom is 0.254 e. The minimum absolute atomic E-state index is 0.224. The topological polar surface area (TPSA) is 81.1 Å². The van der Waals surface area contributed by atoms with Gasteiger partial charge in [-0.15, -0.1) is 0 Å². The lowest BCUT2D eigenvalue weighted by molar-refractivity contribution is 0.632. The van der Waals surface area contributed by atoms with Gasteiger partial charge in [0, 0.05) is 23.8 Å². The Balaban J connectivity index is 1.96. The van der Waals surface area contributed by atoms with Crippen molar-refractivity contribution in [2.24, 2.45) is 5.73 Å². The van der Waals surface area contributed by atoms with E-state index in [1.807, 2.05) is 13.0 Å². The quantitative estimate of drug-likeness (QED) is 0.797. The molecular formula is C11H16N6. The van der Waals surface area contributed by atoms with E-state index < -0.39 is 0 Å². The van der Waals surface area contributed by atoms with Gasteiger partial charge in [0.05, 0.1) is 0 Å². The second-order valence-corrected chi connectivity index (χ2v) is 4.60. The normalized spacial score (nSPS) is 24.4. The van der Waals surface area contributed by atoms with E-state index in [9.17, 15) is 0 Å². The van der Waals surface area contributed by atoms with Gasteiger partial charge in [-0.25, -0.2) is 4.98 Å². The van der Waals surface area contributed by atoms with Crippen molar-refractivity contribution in [2.45, 2.75) is 38.3 Å². The van der Waals surface area contributed by atoms with Gasteiger partial charge >= 0.3 is 0 Å². The van der Waals surface area contributed by atoms with Crippen LogP contribution in [0, 0.1) is 6.92 Å². The summed E-state index contributed by atoms with van der Waals surface area (Å²) >= 11 is 0. The first-order valence-electron chi connectivity index (χ1n) is 5.93. The van der Waals surface area contributed by atoms with Crippen molar-refractivity contribution in [1.82, 2.24) is 19.6 Å². The zero-order valence-electron chi connectivity index (χ0n) is 9.80.